The first kappa shape index (κ1) is 20.8. The highest BCUT2D eigenvalue weighted by Gasteiger charge is 2.15. The van der Waals surface area contributed by atoms with Crippen LogP contribution in [0.4, 0.5) is 0 Å². The molecule has 25 heavy (non-hydrogen) atoms. The number of nitrogens with one attached hydrogen (secondary N) is 2. The largest absolute Gasteiger partial charge is 0.481 e. The van der Waals surface area contributed by atoms with Gasteiger partial charge in [0.15, 0.2) is 0 Å². The summed E-state index contributed by atoms with van der Waals surface area (Å²) in [6.45, 7) is 0.259. The highest BCUT2D eigenvalue weighted by atomic mass is 32.2. The van der Waals surface area contributed by atoms with E-state index < -0.39 is 34.4 Å². The Morgan fingerprint density at radius 3 is 2.40 bits per heavy atom. The topological polar surface area (TPSA) is 130 Å². The lowest BCUT2D eigenvalue weighted by Crippen LogP contribution is -2.37. The number of sulfonamides is 1. The van der Waals surface area contributed by atoms with Crippen molar-refractivity contribution in [1.82, 2.24) is 10.0 Å². The van der Waals surface area contributed by atoms with Crippen LogP contribution in [0.5, 0.6) is 0 Å². The van der Waals surface area contributed by atoms with Crippen molar-refractivity contribution >= 4 is 28.2 Å². The van der Waals surface area contributed by atoms with Gasteiger partial charge in [-0.15, -0.1) is 0 Å². The molecule has 9 heteroatoms. The van der Waals surface area contributed by atoms with Crippen LogP contribution in [-0.4, -0.2) is 44.3 Å². The van der Waals surface area contributed by atoms with Crippen LogP contribution >= 0.6 is 0 Å². The molecule has 0 aliphatic heterocycles. The molecule has 0 bridgehead atoms. The summed E-state index contributed by atoms with van der Waals surface area (Å²) in [5.41, 5.74) is 0. The Morgan fingerprint density at radius 1 is 1.12 bits per heavy atom. The van der Waals surface area contributed by atoms with Gasteiger partial charge in [0.05, 0.1) is 17.4 Å². The Bertz CT molecular complexity index is 675. The molecule has 0 aromatic heterocycles. The number of carbonyl (C=O) groups excluding carboxylic acids is 2. The fourth-order valence-electron chi connectivity index (χ4n) is 2.08. The quantitative estimate of drug-likeness (QED) is 0.366. The van der Waals surface area contributed by atoms with Crippen LogP contribution in [0, 0.1) is 0 Å². The Kier molecular flexibility index (Phi) is 8.79. The van der Waals surface area contributed by atoms with Crippen LogP contribution in [0.25, 0.3) is 0 Å². The summed E-state index contributed by atoms with van der Waals surface area (Å²) in [5.74, 6) is -1.56. The molecule has 1 rings (SSSR count). The van der Waals surface area contributed by atoms with Crippen LogP contribution in [0.1, 0.15) is 32.1 Å². The zero-order valence-corrected chi connectivity index (χ0v) is 14.5. The van der Waals surface area contributed by atoms with Crippen molar-refractivity contribution in [2.75, 3.05) is 6.54 Å². The molecule has 0 saturated heterocycles. The Hall–Kier alpha value is -2.26. The van der Waals surface area contributed by atoms with Gasteiger partial charge in [-0.05, 0) is 25.0 Å². The second-order valence-electron chi connectivity index (χ2n) is 5.43. The molecule has 0 radical (unpaired) electrons. The average molecular weight is 370 g/mol. The van der Waals surface area contributed by atoms with E-state index in [1.807, 2.05) is 0 Å². The molecule has 0 aliphatic rings. The van der Waals surface area contributed by atoms with Gasteiger partial charge in [0.2, 0.25) is 15.9 Å². The van der Waals surface area contributed by atoms with Crippen molar-refractivity contribution in [2.45, 2.75) is 43.0 Å². The number of hydrogen-bond donors (Lipinski definition) is 3. The average Bonchev–Trinajstić information content (AvgIpc) is 2.57. The van der Waals surface area contributed by atoms with Crippen molar-refractivity contribution in [3.05, 3.63) is 30.3 Å². The normalized spacial score (nSPS) is 12.3. The molecule has 0 unspecified atom stereocenters. The van der Waals surface area contributed by atoms with Gasteiger partial charge in [-0.1, -0.05) is 24.6 Å². The lowest BCUT2D eigenvalue weighted by Gasteiger charge is -2.10. The highest BCUT2D eigenvalue weighted by molar-refractivity contribution is 7.89. The minimum Gasteiger partial charge on any atom is -0.481 e. The third kappa shape index (κ3) is 8.41. The maximum Gasteiger partial charge on any atom is 0.305 e. The molecule has 1 atom stereocenters. The van der Waals surface area contributed by atoms with Crippen LogP contribution < -0.4 is 10.0 Å². The molecule has 8 nitrogen and oxygen atoms in total. The van der Waals surface area contributed by atoms with E-state index in [2.05, 4.69) is 10.0 Å². The second kappa shape index (κ2) is 10.6. The number of hydrogen-bond acceptors (Lipinski definition) is 5. The maximum absolute atomic E-state index is 12.0. The number of aldehydes is 1. The number of aliphatic carboxylic acids is 1. The van der Waals surface area contributed by atoms with Crippen LogP contribution in [0.3, 0.4) is 0 Å². The van der Waals surface area contributed by atoms with Gasteiger partial charge in [-0.2, -0.15) is 0 Å². The number of unbranched alkanes of at least 4 members (excludes halogenated alkanes) is 2. The van der Waals surface area contributed by atoms with Gasteiger partial charge in [0, 0.05) is 13.0 Å². The highest BCUT2D eigenvalue weighted by Crippen LogP contribution is 2.07. The molecule has 1 aromatic carbocycles. The van der Waals surface area contributed by atoms with Crippen molar-refractivity contribution in [1.29, 1.82) is 0 Å². The van der Waals surface area contributed by atoms with Gasteiger partial charge < -0.3 is 15.2 Å². The summed E-state index contributed by atoms with van der Waals surface area (Å²) in [6, 6.07) is 7.01. The predicted molar refractivity (Wildman–Crippen MR) is 90.3 cm³/mol. The van der Waals surface area contributed by atoms with E-state index >= 15 is 0 Å². The fourth-order valence-corrected chi connectivity index (χ4v) is 3.17. The molecule has 1 amide bonds. The van der Waals surface area contributed by atoms with E-state index in [1.54, 1.807) is 18.2 Å². The summed E-state index contributed by atoms with van der Waals surface area (Å²) in [5, 5.41) is 10.9. The van der Waals surface area contributed by atoms with Gasteiger partial charge in [-0.25, -0.2) is 13.1 Å². The summed E-state index contributed by atoms with van der Waals surface area (Å²) >= 11 is 0. The number of carboxylic acid groups (broad SMARTS) is 1. The summed E-state index contributed by atoms with van der Waals surface area (Å²) in [7, 11) is -3.52. The molecular weight excluding hydrogens is 348 g/mol. The number of benzene rings is 1. The third-order valence-corrected chi connectivity index (χ3v) is 4.81. The summed E-state index contributed by atoms with van der Waals surface area (Å²) < 4.78 is 26.4. The van der Waals surface area contributed by atoms with E-state index in [0.717, 1.165) is 0 Å². The van der Waals surface area contributed by atoms with E-state index in [0.29, 0.717) is 25.5 Å². The monoisotopic (exact) mass is 370 g/mol. The van der Waals surface area contributed by atoms with Gasteiger partial charge >= 0.3 is 5.97 Å². The van der Waals surface area contributed by atoms with Crippen LogP contribution in [-0.2, 0) is 24.4 Å². The van der Waals surface area contributed by atoms with Gasteiger partial charge in [-0.3, -0.25) is 9.59 Å². The van der Waals surface area contributed by atoms with E-state index in [-0.39, 0.29) is 17.9 Å². The SMILES string of the molecule is O=C[C@H](CC(=O)O)NC(=O)CCCCCNS(=O)(=O)c1ccccc1. The molecule has 0 fully saturated rings. The van der Waals surface area contributed by atoms with Crippen molar-refractivity contribution in [3.63, 3.8) is 0 Å². The van der Waals surface area contributed by atoms with E-state index in [1.165, 1.54) is 12.1 Å². The molecule has 3 N–H and O–H groups in total. The zero-order chi connectivity index (χ0) is 18.7. The number of carbonyl (C=O) groups is 3. The number of rotatable bonds is 12. The molecule has 0 aliphatic carbocycles. The molecule has 0 spiro atoms. The van der Waals surface area contributed by atoms with E-state index in [9.17, 15) is 22.8 Å². The van der Waals surface area contributed by atoms with E-state index in [4.69, 9.17) is 5.11 Å². The molecular formula is C16H22N2O6S. The first-order valence-corrected chi connectivity index (χ1v) is 9.34. The van der Waals surface area contributed by atoms with Gasteiger partial charge in [0.1, 0.15) is 6.29 Å². The van der Waals surface area contributed by atoms with Crippen LogP contribution in [0.2, 0.25) is 0 Å². The number of carboxylic acids is 1. The Morgan fingerprint density at radius 2 is 1.80 bits per heavy atom. The fraction of sp³-hybridized carbons (Fsp3) is 0.438. The molecule has 0 heterocycles. The standard InChI is InChI=1S/C16H22N2O6S/c19-12-13(11-16(21)22)18-15(20)9-5-2-6-10-17-25(23,24)14-7-3-1-4-8-14/h1,3-4,7-8,12-13,17H,2,5-6,9-11H2,(H,18,20)(H,21,22)/t13-/m0/s1. The van der Waals surface area contributed by atoms with Crippen LogP contribution in [0.15, 0.2) is 35.2 Å². The molecule has 138 valence electrons. The second-order valence-corrected chi connectivity index (χ2v) is 7.20. The van der Waals surface area contributed by atoms with Crippen molar-refractivity contribution in [2.24, 2.45) is 0 Å². The smallest absolute Gasteiger partial charge is 0.305 e. The van der Waals surface area contributed by atoms with Crippen molar-refractivity contribution in [3.8, 4) is 0 Å². The van der Waals surface area contributed by atoms with Crippen molar-refractivity contribution < 1.29 is 27.9 Å². The Labute approximate surface area is 146 Å². The minimum atomic E-state index is -3.52. The summed E-state index contributed by atoms with van der Waals surface area (Å²) in [4.78, 5) is 33.0. The molecule has 0 saturated carbocycles. The zero-order valence-electron chi connectivity index (χ0n) is 13.7. The maximum atomic E-state index is 12.0. The van der Waals surface area contributed by atoms with Gasteiger partial charge in [0.25, 0.3) is 0 Å². The predicted octanol–water partition coefficient (Wildman–Crippen LogP) is 0.684. The lowest BCUT2D eigenvalue weighted by molar-refractivity contribution is -0.138. The number of amides is 1. The first-order chi connectivity index (χ1) is 11.8. The molecule has 1 aromatic rings. The lowest BCUT2D eigenvalue weighted by atomic mass is 10.1. The first-order valence-electron chi connectivity index (χ1n) is 7.86. The third-order valence-electron chi connectivity index (χ3n) is 3.33. The minimum absolute atomic E-state index is 0.148. The summed E-state index contributed by atoms with van der Waals surface area (Å²) in [6.07, 6.45) is 1.79. The Balaban J connectivity index is 2.20.